The van der Waals surface area contributed by atoms with Crippen molar-refractivity contribution >= 4 is 16.9 Å². The Bertz CT molecular complexity index is 756. The molecule has 0 bridgehead atoms. The van der Waals surface area contributed by atoms with Crippen LogP contribution in [0.15, 0.2) is 29.1 Å². The molecule has 0 saturated carbocycles. The van der Waals surface area contributed by atoms with E-state index in [-0.39, 0.29) is 17.6 Å². The zero-order chi connectivity index (χ0) is 16.2. The van der Waals surface area contributed by atoms with E-state index < -0.39 is 0 Å². The number of esters is 1. The number of benzene rings is 1. The monoisotopic (exact) mass is 315 g/mol. The van der Waals surface area contributed by atoms with Crippen LogP contribution in [0.3, 0.4) is 0 Å². The van der Waals surface area contributed by atoms with E-state index in [1.54, 1.807) is 6.07 Å². The highest BCUT2D eigenvalue weighted by Gasteiger charge is 2.30. The molecule has 0 amide bonds. The largest absolute Gasteiger partial charge is 0.465 e. The van der Waals surface area contributed by atoms with Gasteiger partial charge in [0.05, 0.1) is 24.1 Å². The fourth-order valence-electron chi connectivity index (χ4n) is 3.09. The summed E-state index contributed by atoms with van der Waals surface area (Å²) in [4.78, 5) is 33.7. The van der Waals surface area contributed by atoms with Crippen molar-refractivity contribution in [2.24, 2.45) is 0 Å². The first-order chi connectivity index (χ1) is 11.2. The molecule has 2 aromatic rings. The zero-order valence-electron chi connectivity index (χ0n) is 13.2. The Kier molecular flexibility index (Phi) is 4.71. The second-order valence-corrected chi connectivity index (χ2v) is 5.76. The van der Waals surface area contributed by atoms with Crippen LogP contribution in [0.1, 0.15) is 32.0 Å². The van der Waals surface area contributed by atoms with Crippen LogP contribution in [0.2, 0.25) is 0 Å². The number of nitrogens with one attached hydrogen (secondary N) is 1. The predicted octanol–water partition coefficient (Wildman–Crippen LogP) is 1.84. The summed E-state index contributed by atoms with van der Waals surface area (Å²) in [7, 11) is 0. The molecule has 1 aliphatic heterocycles. The van der Waals surface area contributed by atoms with Crippen molar-refractivity contribution in [3.8, 4) is 0 Å². The number of para-hydroxylation sites is 1. The Hall–Kier alpha value is -2.21. The molecule has 0 radical (unpaired) electrons. The summed E-state index contributed by atoms with van der Waals surface area (Å²) in [5.41, 5.74) is 0.534. The Morgan fingerprint density at radius 1 is 1.39 bits per heavy atom. The number of carbonyl (C=O) groups excluding carboxylic acids is 1. The Balaban J connectivity index is 1.84. The highest BCUT2D eigenvalue weighted by Crippen LogP contribution is 2.20. The van der Waals surface area contributed by atoms with E-state index >= 15 is 0 Å². The van der Waals surface area contributed by atoms with Crippen LogP contribution in [0.5, 0.6) is 0 Å². The highest BCUT2D eigenvalue weighted by atomic mass is 16.5. The first kappa shape index (κ1) is 15.7. The maximum atomic E-state index is 12.2. The summed E-state index contributed by atoms with van der Waals surface area (Å²) in [5, 5.41) is 0.580. The van der Waals surface area contributed by atoms with Gasteiger partial charge in [0, 0.05) is 0 Å². The molecule has 1 aromatic heterocycles. The molecule has 6 nitrogen and oxygen atoms in total. The molecule has 1 saturated heterocycles. The summed E-state index contributed by atoms with van der Waals surface area (Å²) in [5.74, 6) is 0.403. The van der Waals surface area contributed by atoms with E-state index in [2.05, 4.69) is 14.9 Å². The van der Waals surface area contributed by atoms with Crippen LogP contribution in [0, 0.1) is 0 Å². The average Bonchev–Trinajstić information content (AvgIpc) is 2.55. The Morgan fingerprint density at radius 2 is 2.22 bits per heavy atom. The third-order valence-corrected chi connectivity index (χ3v) is 4.19. The number of hydrogen-bond donors (Lipinski definition) is 1. The molecular weight excluding hydrogens is 294 g/mol. The van der Waals surface area contributed by atoms with E-state index in [0.717, 1.165) is 25.8 Å². The normalized spacial score (nSPS) is 18.9. The maximum Gasteiger partial charge on any atom is 0.323 e. The average molecular weight is 315 g/mol. The minimum atomic E-state index is -0.250. The molecule has 0 spiro atoms. The number of fused-ring (bicyclic) bond motifs is 1. The Labute approximate surface area is 134 Å². The van der Waals surface area contributed by atoms with Gasteiger partial charge in [-0.2, -0.15) is 0 Å². The van der Waals surface area contributed by atoms with Gasteiger partial charge in [-0.3, -0.25) is 14.5 Å². The fraction of sp³-hybridized carbons (Fsp3) is 0.471. The van der Waals surface area contributed by atoms with Crippen LogP contribution in [0.4, 0.5) is 0 Å². The zero-order valence-corrected chi connectivity index (χ0v) is 13.2. The lowest BCUT2D eigenvalue weighted by atomic mass is 10.0. The summed E-state index contributed by atoms with van der Waals surface area (Å²) >= 11 is 0. The molecule has 3 rings (SSSR count). The second-order valence-electron chi connectivity index (χ2n) is 5.76. The van der Waals surface area contributed by atoms with Crippen molar-refractivity contribution in [1.29, 1.82) is 0 Å². The summed E-state index contributed by atoms with van der Waals surface area (Å²) in [6, 6.07) is 7.02. The summed E-state index contributed by atoms with van der Waals surface area (Å²) in [6.07, 6.45) is 2.84. The van der Waals surface area contributed by atoms with E-state index in [1.165, 1.54) is 0 Å². The molecule has 23 heavy (non-hydrogen) atoms. The van der Waals surface area contributed by atoms with Gasteiger partial charge in [-0.1, -0.05) is 18.6 Å². The van der Waals surface area contributed by atoms with Gasteiger partial charge in [0.25, 0.3) is 5.56 Å². The van der Waals surface area contributed by atoms with Crippen molar-refractivity contribution in [2.75, 3.05) is 13.2 Å². The van der Waals surface area contributed by atoms with Gasteiger partial charge < -0.3 is 9.72 Å². The van der Waals surface area contributed by atoms with Crippen LogP contribution < -0.4 is 5.56 Å². The van der Waals surface area contributed by atoms with Crippen LogP contribution >= 0.6 is 0 Å². The number of piperidine rings is 1. The number of rotatable bonds is 4. The second kappa shape index (κ2) is 6.91. The number of aromatic amines is 1. The third kappa shape index (κ3) is 3.42. The molecule has 1 aliphatic rings. The lowest BCUT2D eigenvalue weighted by Gasteiger charge is -2.33. The van der Waals surface area contributed by atoms with Gasteiger partial charge in [-0.25, -0.2) is 4.98 Å². The number of H-pyrrole nitrogens is 1. The molecule has 2 heterocycles. The lowest BCUT2D eigenvalue weighted by molar-refractivity contribution is -0.151. The first-order valence-corrected chi connectivity index (χ1v) is 8.07. The van der Waals surface area contributed by atoms with Crippen LogP contribution in [-0.2, 0) is 16.1 Å². The topological polar surface area (TPSA) is 75.3 Å². The highest BCUT2D eigenvalue weighted by molar-refractivity contribution is 5.77. The fourth-order valence-corrected chi connectivity index (χ4v) is 3.09. The number of hydrogen-bond acceptors (Lipinski definition) is 5. The van der Waals surface area contributed by atoms with Crippen molar-refractivity contribution < 1.29 is 9.53 Å². The molecule has 0 aliphatic carbocycles. The lowest BCUT2D eigenvalue weighted by Crippen LogP contribution is -2.45. The molecule has 1 aromatic carbocycles. The standard InChI is InChI=1S/C17H21N3O3/c1-2-23-17(22)14-9-5-6-10-20(14)11-15-18-13-8-4-3-7-12(13)16(21)19-15/h3-4,7-8,14H,2,5-6,9-11H2,1H3,(H,18,19,21)/t14-/m0/s1. The van der Waals surface area contributed by atoms with Crippen molar-refractivity contribution in [2.45, 2.75) is 38.8 Å². The number of likely N-dealkylation sites (tertiary alicyclic amines) is 1. The van der Waals surface area contributed by atoms with E-state index in [9.17, 15) is 9.59 Å². The quantitative estimate of drug-likeness (QED) is 0.871. The minimum absolute atomic E-state index is 0.143. The number of nitrogens with zero attached hydrogens (tertiary/aromatic N) is 2. The van der Waals surface area contributed by atoms with Gasteiger partial charge in [-0.05, 0) is 38.4 Å². The first-order valence-electron chi connectivity index (χ1n) is 8.07. The maximum absolute atomic E-state index is 12.2. The number of carbonyl (C=O) groups is 1. The molecule has 0 unspecified atom stereocenters. The van der Waals surface area contributed by atoms with Gasteiger partial charge in [0.15, 0.2) is 0 Å². The Morgan fingerprint density at radius 3 is 3.04 bits per heavy atom. The minimum Gasteiger partial charge on any atom is -0.465 e. The third-order valence-electron chi connectivity index (χ3n) is 4.19. The van der Waals surface area contributed by atoms with E-state index in [4.69, 9.17) is 4.74 Å². The molecular formula is C17H21N3O3. The van der Waals surface area contributed by atoms with E-state index in [1.807, 2.05) is 25.1 Å². The summed E-state index contributed by atoms with van der Waals surface area (Å²) < 4.78 is 5.17. The summed E-state index contributed by atoms with van der Waals surface area (Å²) in [6.45, 7) is 3.45. The molecule has 1 atom stereocenters. The van der Waals surface area contributed by atoms with Crippen molar-refractivity contribution in [3.63, 3.8) is 0 Å². The SMILES string of the molecule is CCOC(=O)[C@@H]1CCCCN1Cc1nc2ccccc2c(=O)[nH]1. The van der Waals surface area contributed by atoms with Gasteiger partial charge in [0.1, 0.15) is 11.9 Å². The molecule has 122 valence electrons. The van der Waals surface area contributed by atoms with Gasteiger partial charge >= 0.3 is 5.97 Å². The molecule has 6 heteroatoms. The van der Waals surface area contributed by atoms with Crippen molar-refractivity contribution in [1.82, 2.24) is 14.9 Å². The van der Waals surface area contributed by atoms with E-state index in [0.29, 0.717) is 29.9 Å². The van der Waals surface area contributed by atoms with Gasteiger partial charge in [0.2, 0.25) is 0 Å². The predicted molar refractivity (Wildman–Crippen MR) is 87.0 cm³/mol. The van der Waals surface area contributed by atoms with Crippen molar-refractivity contribution in [3.05, 3.63) is 40.4 Å². The smallest absolute Gasteiger partial charge is 0.323 e. The van der Waals surface area contributed by atoms with Gasteiger partial charge in [-0.15, -0.1) is 0 Å². The van der Waals surface area contributed by atoms with Crippen LogP contribution in [0.25, 0.3) is 10.9 Å². The molecule has 1 fully saturated rings. The number of aromatic nitrogens is 2. The molecule has 1 N–H and O–H groups in total. The van der Waals surface area contributed by atoms with Crippen LogP contribution in [-0.4, -0.2) is 40.0 Å². The number of ether oxygens (including phenoxy) is 1.